The van der Waals surface area contributed by atoms with Crippen LogP contribution in [0.3, 0.4) is 0 Å². The highest BCUT2D eigenvalue weighted by Crippen LogP contribution is 2.27. The number of rotatable bonds is 8. The van der Waals surface area contributed by atoms with E-state index in [1.54, 1.807) is 4.90 Å². The molecule has 7 nitrogen and oxygen atoms in total. The first-order chi connectivity index (χ1) is 12.2. The number of alkyl halides is 3. The van der Waals surface area contributed by atoms with E-state index in [4.69, 9.17) is 5.11 Å². The van der Waals surface area contributed by atoms with E-state index in [2.05, 4.69) is 15.0 Å². The summed E-state index contributed by atoms with van der Waals surface area (Å²) >= 11 is 0. The number of carboxylic acids is 1. The van der Waals surface area contributed by atoms with Crippen molar-refractivity contribution in [2.24, 2.45) is 0 Å². The molecule has 1 fully saturated rings. The molecule has 0 atom stereocenters. The molecule has 1 aliphatic rings. The molecule has 0 aliphatic heterocycles. The molecule has 0 radical (unpaired) electrons. The van der Waals surface area contributed by atoms with Crippen molar-refractivity contribution < 1.29 is 32.6 Å². The van der Waals surface area contributed by atoms with Gasteiger partial charge < -0.3 is 15.2 Å². The van der Waals surface area contributed by atoms with Gasteiger partial charge in [0.05, 0.1) is 6.54 Å². The number of nitrogens with one attached hydrogen (secondary N) is 1. The number of nitrogens with zero attached hydrogens (tertiary/aromatic N) is 2. The quantitative estimate of drug-likeness (QED) is 0.719. The van der Waals surface area contributed by atoms with Gasteiger partial charge in [0.15, 0.2) is 6.61 Å². The Morgan fingerprint density at radius 3 is 2.69 bits per heavy atom. The summed E-state index contributed by atoms with van der Waals surface area (Å²) in [4.78, 5) is 28.6. The summed E-state index contributed by atoms with van der Waals surface area (Å²) in [5, 5.41) is 11.6. The number of ether oxygens (including phenoxy) is 1. The van der Waals surface area contributed by atoms with Gasteiger partial charge in [-0.15, -0.1) is 0 Å². The minimum atomic E-state index is -4.53. The van der Waals surface area contributed by atoms with Crippen LogP contribution in [-0.2, 0) is 4.79 Å². The molecule has 1 aliphatic carbocycles. The molecule has 1 aromatic heterocycles. The number of hydrogen-bond donors (Lipinski definition) is 2. The average Bonchev–Trinajstić information content (AvgIpc) is 2.53. The zero-order valence-electron chi connectivity index (χ0n) is 14.1. The minimum Gasteiger partial charge on any atom is -0.480 e. The van der Waals surface area contributed by atoms with Crippen molar-refractivity contribution in [2.45, 2.75) is 38.0 Å². The first kappa shape index (κ1) is 20.0. The van der Waals surface area contributed by atoms with Crippen LogP contribution in [0, 0.1) is 0 Å². The molecule has 1 amide bonds. The molecule has 2 N–H and O–H groups in total. The van der Waals surface area contributed by atoms with Gasteiger partial charge in [-0.05, 0) is 31.5 Å². The van der Waals surface area contributed by atoms with E-state index in [9.17, 15) is 22.8 Å². The van der Waals surface area contributed by atoms with Gasteiger partial charge in [0.25, 0.3) is 5.91 Å². The number of carbonyl (C=O) groups excluding carboxylic acids is 1. The maximum Gasteiger partial charge on any atom is 0.422 e. The summed E-state index contributed by atoms with van der Waals surface area (Å²) in [6, 6.07) is 2.65. The SMILES string of the molecule is CCN(CC(=O)O)C1CC(NC(=O)c2cccnc2OCC(F)(F)F)C1. The van der Waals surface area contributed by atoms with Crippen LogP contribution in [0.5, 0.6) is 5.88 Å². The predicted molar refractivity (Wildman–Crippen MR) is 84.9 cm³/mol. The molecule has 2 rings (SSSR count). The van der Waals surface area contributed by atoms with Crippen molar-refractivity contribution in [1.29, 1.82) is 0 Å². The maximum atomic E-state index is 12.3. The number of carbonyl (C=O) groups is 2. The molecule has 1 saturated carbocycles. The van der Waals surface area contributed by atoms with E-state index in [1.165, 1.54) is 18.3 Å². The van der Waals surface area contributed by atoms with E-state index in [0.29, 0.717) is 19.4 Å². The monoisotopic (exact) mass is 375 g/mol. The lowest BCUT2D eigenvalue weighted by atomic mass is 9.85. The molecule has 0 saturated heterocycles. The van der Waals surface area contributed by atoms with Gasteiger partial charge >= 0.3 is 12.1 Å². The number of likely N-dealkylation sites (N-methyl/N-ethyl adjacent to an activating group) is 1. The van der Waals surface area contributed by atoms with Crippen LogP contribution in [0.15, 0.2) is 18.3 Å². The van der Waals surface area contributed by atoms with Crippen molar-refractivity contribution in [3.8, 4) is 5.88 Å². The van der Waals surface area contributed by atoms with Crippen LogP contribution < -0.4 is 10.1 Å². The summed E-state index contributed by atoms with van der Waals surface area (Å²) in [7, 11) is 0. The Balaban J connectivity index is 1.90. The normalized spacial score (nSPS) is 19.7. The van der Waals surface area contributed by atoms with Crippen molar-refractivity contribution in [3.63, 3.8) is 0 Å². The van der Waals surface area contributed by atoms with Crippen LogP contribution >= 0.6 is 0 Å². The van der Waals surface area contributed by atoms with E-state index in [0.717, 1.165) is 0 Å². The molecule has 0 unspecified atom stereocenters. The van der Waals surface area contributed by atoms with Crippen molar-refractivity contribution in [2.75, 3.05) is 19.7 Å². The lowest BCUT2D eigenvalue weighted by Crippen LogP contribution is -2.54. The predicted octanol–water partition coefficient (Wildman–Crippen LogP) is 1.69. The molecule has 1 aromatic rings. The highest BCUT2D eigenvalue weighted by Gasteiger charge is 2.35. The van der Waals surface area contributed by atoms with Gasteiger partial charge in [-0.2, -0.15) is 13.2 Å². The van der Waals surface area contributed by atoms with Crippen molar-refractivity contribution >= 4 is 11.9 Å². The average molecular weight is 375 g/mol. The van der Waals surface area contributed by atoms with Gasteiger partial charge in [-0.1, -0.05) is 6.92 Å². The lowest BCUT2D eigenvalue weighted by molar-refractivity contribution is -0.154. The Morgan fingerprint density at radius 1 is 1.42 bits per heavy atom. The minimum absolute atomic E-state index is 0.0521. The van der Waals surface area contributed by atoms with Crippen LogP contribution in [0.25, 0.3) is 0 Å². The van der Waals surface area contributed by atoms with Gasteiger partial charge in [0.1, 0.15) is 5.56 Å². The third-order valence-corrected chi connectivity index (χ3v) is 4.10. The zero-order chi connectivity index (χ0) is 19.3. The van der Waals surface area contributed by atoms with Gasteiger partial charge in [-0.25, -0.2) is 4.98 Å². The first-order valence-electron chi connectivity index (χ1n) is 8.11. The Labute approximate surface area is 148 Å². The van der Waals surface area contributed by atoms with E-state index in [1.807, 2.05) is 6.92 Å². The van der Waals surface area contributed by atoms with Gasteiger partial charge in [0.2, 0.25) is 5.88 Å². The standard InChI is InChI=1S/C16H20F3N3O4/c1-2-22(8-13(23)24)11-6-10(7-11)21-14(25)12-4-3-5-20-15(12)26-9-16(17,18)19/h3-5,10-11H,2,6-9H2,1H3,(H,21,25)(H,23,24). The summed E-state index contributed by atoms with van der Waals surface area (Å²) in [6.45, 7) is 0.834. The van der Waals surface area contributed by atoms with Gasteiger partial charge in [-0.3, -0.25) is 14.5 Å². The Morgan fingerprint density at radius 2 is 2.12 bits per heavy atom. The maximum absolute atomic E-state index is 12.3. The fraction of sp³-hybridized carbons (Fsp3) is 0.562. The smallest absolute Gasteiger partial charge is 0.422 e. The van der Waals surface area contributed by atoms with Crippen LogP contribution in [0.1, 0.15) is 30.1 Å². The van der Waals surface area contributed by atoms with E-state index >= 15 is 0 Å². The Kier molecular flexibility index (Phi) is 6.41. The van der Waals surface area contributed by atoms with E-state index < -0.39 is 24.7 Å². The number of hydrogen-bond acceptors (Lipinski definition) is 5. The second-order valence-corrected chi connectivity index (χ2v) is 6.01. The highest BCUT2D eigenvalue weighted by atomic mass is 19.4. The Hall–Kier alpha value is -2.36. The molecule has 1 heterocycles. The number of aliphatic carboxylic acids is 1. The second-order valence-electron chi connectivity index (χ2n) is 6.01. The zero-order valence-corrected chi connectivity index (χ0v) is 14.1. The molecule has 10 heteroatoms. The first-order valence-corrected chi connectivity index (χ1v) is 8.11. The number of pyridine rings is 1. The largest absolute Gasteiger partial charge is 0.480 e. The number of halogens is 3. The van der Waals surface area contributed by atoms with Crippen LogP contribution in [0.4, 0.5) is 13.2 Å². The fourth-order valence-electron chi connectivity index (χ4n) is 2.77. The fourth-order valence-corrected chi connectivity index (χ4v) is 2.77. The van der Waals surface area contributed by atoms with Crippen molar-refractivity contribution in [1.82, 2.24) is 15.2 Å². The molecule has 144 valence electrons. The molecule has 0 aromatic carbocycles. The number of carboxylic acid groups (broad SMARTS) is 1. The molecular formula is C16H20F3N3O4. The van der Waals surface area contributed by atoms with Crippen molar-refractivity contribution in [3.05, 3.63) is 23.9 Å². The molecule has 0 bridgehead atoms. The molecular weight excluding hydrogens is 355 g/mol. The third kappa shape index (κ3) is 5.58. The highest BCUT2D eigenvalue weighted by molar-refractivity contribution is 5.96. The summed E-state index contributed by atoms with van der Waals surface area (Å²) in [5.74, 6) is -1.86. The Bertz CT molecular complexity index is 648. The summed E-state index contributed by atoms with van der Waals surface area (Å²) < 4.78 is 41.5. The second kappa shape index (κ2) is 8.35. The topological polar surface area (TPSA) is 91.8 Å². The van der Waals surface area contributed by atoms with Crippen LogP contribution in [0.2, 0.25) is 0 Å². The van der Waals surface area contributed by atoms with Gasteiger partial charge in [0, 0.05) is 18.3 Å². The number of amides is 1. The van der Waals surface area contributed by atoms with Crippen LogP contribution in [-0.4, -0.2) is 64.8 Å². The summed E-state index contributed by atoms with van der Waals surface area (Å²) in [5.41, 5.74) is -0.0712. The molecule has 26 heavy (non-hydrogen) atoms. The summed E-state index contributed by atoms with van der Waals surface area (Å²) in [6.07, 6.45) is -2.13. The third-order valence-electron chi connectivity index (χ3n) is 4.10. The molecule has 0 spiro atoms. The lowest BCUT2D eigenvalue weighted by Gasteiger charge is -2.42. The number of aromatic nitrogens is 1. The van der Waals surface area contributed by atoms with E-state index in [-0.39, 0.29) is 30.1 Å².